The van der Waals surface area contributed by atoms with E-state index in [-0.39, 0.29) is 0 Å². The minimum atomic E-state index is -0.549. The molecule has 0 radical (unpaired) electrons. The highest BCUT2D eigenvalue weighted by Crippen LogP contribution is 1.79. The first-order valence-electron chi connectivity index (χ1n) is 1.82. The highest BCUT2D eigenvalue weighted by atomic mass is 19.1. The Morgan fingerprint density at radius 3 is 2.29 bits per heavy atom. The van der Waals surface area contributed by atoms with Crippen LogP contribution in [0.2, 0.25) is 0 Å². The molecular formula is C3H4FN3. The highest BCUT2D eigenvalue weighted by molar-refractivity contribution is 4.54. The topological polar surface area (TPSA) is 30.7 Å². The fraction of sp³-hybridized carbons (Fsp3) is 0.333. The zero-order valence-corrected chi connectivity index (χ0v) is 3.58. The van der Waals surface area contributed by atoms with Gasteiger partial charge in [0.2, 0.25) is 0 Å². The lowest BCUT2D eigenvalue weighted by molar-refractivity contribution is 0.376. The quantitative estimate of drug-likeness (QED) is 0.506. The van der Waals surface area contributed by atoms with E-state index in [4.69, 9.17) is 0 Å². The van der Waals surface area contributed by atoms with Crippen LogP contribution in [0, 0.1) is 0 Å². The Kier molecular flexibility index (Phi) is 1.02. The molecule has 4 heteroatoms. The van der Waals surface area contributed by atoms with Crippen molar-refractivity contribution >= 4 is 0 Å². The third-order valence-electron chi connectivity index (χ3n) is 0.605. The van der Waals surface area contributed by atoms with Crippen molar-refractivity contribution in [3.05, 3.63) is 12.7 Å². The van der Waals surface area contributed by atoms with Gasteiger partial charge in [-0.25, -0.2) is 4.39 Å². The van der Waals surface area contributed by atoms with Crippen LogP contribution < -0.4 is 0 Å². The first-order valence-corrected chi connectivity index (χ1v) is 1.82. The SMILES string of the molecule is FCn1cnnc1. The van der Waals surface area contributed by atoms with Gasteiger partial charge in [0.1, 0.15) is 12.7 Å². The molecule has 0 amide bonds. The monoisotopic (exact) mass is 101 g/mol. The van der Waals surface area contributed by atoms with Crippen LogP contribution in [0.3, 0.4) is 0 Å². The predicted molar refractivity (Wildman–Crippen MR) is 21.1 cm³/mol. The van der Waals surface area contributed by atoms with Crippen molar-refractivity contribution in [1.82, 2.24) is 14.8 Å². The molecule has 0 atom stereocenters. The van der Waals surface area contributed by atoms with Gasteiger partial charge in [-0.05, 0) is 0 Å². The summed E-state index contributed by atoms with van der Waals surface area (Å²) in [6.45, 7) is -0.549. The Hall–Kier alpha value is -0.930. The van der Waals surface area contributed by atoms with Crippen molar-refractivity contribution in [3.8, 4) is 0 Å². The Labute approximate surface area is 39.8 Å². The number of halogens is 1. The molecule has 0 spiro atoms. The molecule has 0 aromatic carbocycles. The van der Waals surface area contributed by atoms with Crippen LogP contribution in [0.4, 0.5) is 4.39 Å². The Balaban J connectivity index is 2.76. The van der Waals surface area contributed by atoms with Gasteiger partial charge in [-0.1, -0.05) is 0 Å². The van der Waals surface area contributed by atoms with E-state index in [9.17, 15) is 4.39 Å². The van der Waals surface area contributed by atoms with Gasteiger partial charge in [0, 0.05) is 0 Å². The van der Waals surface area contributed by atoms with E-state index in [0.717, 1.165) is 0 Å². The van der Waals surface area contributed by atoms with E-state index in [2.05, 4.69) is 10.2 Å². The van der Waals surface area contributed by atoms with Crippen molar-refractivity contribution in [2.45, 2.75) is 6.80 Å². The molecule has 0 bridgehead atoms. The third kappa shape index (κ3) is 0.734. The molecule has 0 unspecified atom stereocenters. The molecule has 7 heavy (non-hydrogen) atoms. The summed E-state index contributed by atoms with van der Waals surface area (Å²) < 4.78 is 12.7. The van der Waals surface area contributed by atoms with Gasteiger partial charge in [-0.15, -0.1) is 10.2 Å². The molecule has 3 nitrogen and oxygen atoms in total. The fourth-order valence-corrected chi connectivity index (χ4v) is 0.284. The van der Waals surface area contributed by atoms with Crippen molar-refractivity contribution in [3.63, 3.8) is 0 Å². The second kappa shape index (κ2) is 1.68. The second-order valence-corrected chi connectivity index (χ2v) is 1.10. The Morgan fingerprint density at radius 2 is 2.00 bits per heavy atom. The maximum absolute atomic E-state index is 11.4. The molecule has 0 aliphatic carbocycles. The number of nitrogens with zero attached hydrogens (tertiary/aromatic N) is 3. The standard InChI is InChI=1S/C3H4FN3/c4-1-7-2-5-6-3-7/h2-3H,1H2. The molecule has 0 saturated carbocycles. The maximum Gasteiger partial charge on any atom is 0.167 e. The largest absolute Gasteiger partial charge is 0.291 e. The van der Waals surface area contributed by atoms with Crippen molar-refractivity contribution in [2.24, 2.45) is 0 Å². The van der Waals surface area contributed by atoms with Crippen LogP contribution in [0.15, 0.2) is 12.7 Å². The zero-order chi connectivity index (χ0) is 5.11. The van der Waals surface area contributed by atoms with Gasteiger partial charge in [0.25, 0.3) is 0 Å². The summed E-state index contributed by atoms with van der Waals surface area (Å²) in [7, 11) is 0. The Morgan fingerprint density at radius 1 is 1.43 bits per heavy atom. The average molecular weight is 101 g/mol. The zero-order valence-electron chi connectivity index (χ0n) is 3.58. The molecule has 1 heterocycles. The molecule has 38 valence electrons. The summed E-state index contributed by atoms with van der Waals surface area (Å²) in [4.78, 5) is 0. The van der Waals surface area contributed by atoms with Crippen LogP contribution in [-0.2, 0) is 6.80 Å². The van der Waals surface area contributed by atoms with Gasteiger partial charge < -0.3 is 0 Å². The second-order valence-electron chi connectivity index (χ2n) is 1.10. The maximum atomic E-state index is 11.4. The van der Waals surface area contributed by atoms with E-state index in [0.29, 0.717) is 0 Å². The molecule has 0 aliphatic heterocycles. The van der Waals surface area contributed by atoms with Crippen LogP contribution in [0.25, 0.3) is 0 Å². The molecular weight excluding hydrogens is 97.1 g/mol. The van der Waals surface area contributed by atoms with E-state index in [1.807, 2.05) is 0 Å². The first-order chi connectivity index (χ1) is 3.43. The number of alkyl halides is 1. The number of hydrogen-bond acceptors (Lipinski definition) is 2. The summed E-state index contributed by atoms with van der Waals surface area (Å²) >= 11 is 0. The molecule has 1 rings (SSSR count). The van der Waals surface area contributed by atoms with Crippen molar-refractivity contribution in [1.29, 1.82) is 0 Å². The summed E-state index contributed by atoms with van der Waals surface area (Å²) in [5, 5.41) is 6.73. The summed E-state index contributed by atoms with van der Waals surface area (Å²) in [5.41, 5.74) is 0. The molecule has 0 aliphatic rings. The smallest absolute Gasteiger partial charge is 0.167 e. The molecule has 0 N–H and O–H groups in total. The number of hydrogen-bond donors (Lipinski definition) is 0. The Bertz CT molecular complexity index is 125. The average Bonchev–Trinajstić information content (AvgIpc) is 2.14. The third-order valence-corrected chi connectivity index (χ3v) is 0.605. The first kappa shape index (κ1) is 4.23. The van der Waals surface area contributed by atoms with E-state index >= 15 is 0 Å². The van der Waals surface area contributed by atoms with E-state index < -0.39 is 6.80 Å². The van der Waals surface area contributed by atoms with Gasteiger partial charge in [-0.3, -0.25) is 4.57 Å². The molecule has 1 aromatic heterocycles. The predicted octanol–water partition coefficient (Wildman–Crippen LogP) is 0.205. The number of rotatable bonds is 1. The van der Waals surface area contributed by atoms with E-state index in [1.54, 1.807) is 0 Å². The highest BCUT2D eigenvalue weighted by Gasteiger charge is 1.81. The van der Waals surface area contributed by atoms with Crippen LogP contribution in [-0.4, -0.2) is 14.8 Å². The minimum absolute atomic E-state index is 0.549. The molecule has 1 aromatic rings. The summed E-state index contributed by atoms with van der Waals surface area (Å²) in [6.07, 6.45) is 2.64. The van der Waals surface area contributed by atoms with Gasteiger partial charge in [0.05, 0.1) is 0 Å². The summed E-state index contributed by atoms with van der Waals surface area (Å²) in [5.74, 6) is 0. The minimum Gasteiger partial charge on any atom is -0.291 e. The van der Waals surface area contributed by atoms with Crippen molar-refractivity contribution < 1.29 is 4.39 Å². The summed E-state index contributed by atoms with van der Waals surface area (Å²) in [6, 6.07) is 0. The van der Waals surface area contributed by atoms with Crippen LogP contribution >= 0.6 is 0 Å². The normalized spacial score (nSPS) is 9.29. The lowest BCUT2D eigenvalue weighted by Gasteiger charge is -1.82. The molecule has 0 fully saturated rings. The molecule has 0 saturated heterocycles. The number of aromatic nitrogens is 3. The van der Waals surface area contributed by atoms with Gasteiger partial charge in [-0.2, -0.15) is 0 Å². The lowest BCUT2D eigenvalue weighted by atomic mass is 11.1. The van der Waals surface area contributed by atoms with E-state index in [1.165, 1.54) is 17.2 Å². The van der Waals surface area contributed by atoms with Gasteiger partial charge >= 0.3 is 0 Å². The lowest BCUT2D eigenvalue weighted by Crippen LogP contribution is -1.84. The fourth-order valence-electron chi connectivity index (χ4n) is 0.284. The van der Waals surface area contributed by atoms with Crippen molar-refractivity contribution in [2.75, 3.05) is 0 Å². The van der Waals surface area contributed by atoms with Crippen LogP contribution in [0.1, 0.15) is 0 Å². The van der Waals surface area contributed by atoms with Gasteiger partial charge in [0.15, 0.2) is 6.80 Å². The van der Waals surface area contributed by atoms with Crippen LogP contribution in [0.5, 0.6) is 0 Å².